The minimum absolute atomic E-state index is 0.148. The van der Waals surface area contributed by atoms with E-state index in [9.17, 15) is 9.59 Å². The van der Waals surface area contributed by atoms with Crippen LogP contribution in [0.25, 0.3) is 0 Å². The molecule has 5 heteroatoms. The van der Waals surface area contributed by atoms with Gasteiger partial charge in [-0.15, -0.1) is 0 Å². The van der Waals surface area contributed by atoms with E-state index in [1.54, 1.807) is 13.8 Å². The number of carbonyl (C=O) groups is 2. The molecule has 22 heavy (non-hydrogen) atoms. The standard InChI is InChI=1S/C17H27NO4/c1-4-5-6-7-8-9-14(19)10-11-17(2,3)22-16(20)15-12-21-13-18-15/h12-13H,4-11H2,1-3H3. The van der Waals surface area contributed by atoms with Crippen LogP contribution in [0.15, 0.2) is 17.1 Å². The summed E-state index contributed by atoms with van der Waals surface area (Å²) in [5, 5.41) is 0. The van der Waals surface area contributed by atoms with Crippen molar-refractivity contribution >= 4 is 11.8 Å². The molecule has 0 radical (unpaired) electrons. The van der Waals surface area contributed by atoms with E-state index in [1.165, 1.54) is 31.9 Å². The predicted molar refractivity (Wildman–Crippen MR) is 83.6 cm³/mol. The number of hydrogen-bond donors (Lipinski definition) is 0. The molecule has 0 aromatic carbocycles. The number of carbonyl (C=O) groups excluding carboxylic acids is 2. The Balaban J connectivity index is 2.23. The second kappa shape index (κ2) is 9.38. The van der Waals surface area contributed by atoms with Crippen LogP contribution in [0, 0.1) is 0 Å². The van der Waals surface area contributed by atoms with Crippen molar-refractivity contribution in [3.63, 3.8) is 0 Å². The fraction of sp³-hybridized carbons (Fsp3) is 0.706. The topological polar surface area (TPSA) is 69.4 Å². The van der Waals surface area contributed by atoms with Crippen LogP contribution in [-0.2, 0) is 9.53 Å². The first-order valence-corrected chi connectivity index (χ1v) is 8.08. The van der Waals surface area contributed by atoms with Crippen molar-refractivity contribution in [1.29, 1.82) is 0 Å². The number of ether oxygens (including phenoxy) is 1. The smallest absolute Gasteiger partial charge is 0.360 e. The van der Waals surface area contributed by atoms with Crippen molar-refractivity contribution in [2.45, 2.75) is 77.7 Å². The number of esters is 1. The zero-order valence-corrected chi connectivity index (χ0v) is 13.9. The molecule has 1 aromatic rings. The molecule has 0 saturated carbocycles. The third kappa shape index (κ3) is 7.38. The Bertz CT molecular complexity index is 451. The van der Waals surface area contributed by atoms with Crippen molar-refractivity contribution in [3.8, 4) is 0 Å². The van der Waals surface area contributed by atoms with E-state index < -0.39 is 11.6 Å². The molecule has 0 fully saturated rings. The van der Waals surface area contributed by atoms with Gasteiger partial charge in [0.25, 0.3) is 0 Å². The normalized spacial score (nSPS) is 11.4. The molecule has 1 heterocycles. The number of ketones is 1. The van der Waals surface area contributed by atoms with Gasteiger partial charge in [-0.1, -0.05) is 32.6 Å². The van der Waals surface area contributed by atoms with Crippen LogP contribution in [0.5, 0.6) is 0 Å². The number of oxazole rings is 1. The van der Waals surface area contributed by atoms with Gasteiger partial charge in [0, 0.05) is 12.8 Å². The molecule has 0 saturated heterocycles. The summed E-state index contributed by atoms with van der Waals surface area (Å²) < 4.78 is 10.1. The highest BCUT2D eigenvalue weighted by molar-refractivity contribution is 5.87. The van der Waals surface area contributed by atoms with Gasteiger partial charge in [0.2, 0.25) is 0 Å². The van der Waals surface area contributed by atoms with Crippen molar-refractivity contribution in [1.82, 2.24) is 4.98 Å². The molecule has 0 aliphatic carbocycles. The fourth-order valence-corrected chi connectivity index (χ4v) is 2.16. The summed E-state index contributed by atoms with van der Waals surface area (Å²) in [6.45, 7) is 5.78. The first kappa shape index (κ1) is 18.4. The van der Waals surface area contributed by atoms with E-state index in [1.807, 2.05) is 0 Å². The summed E-state index contributed by atoms with van der Waals surface area (Å²) in [6, 6.07) is 0. The molecule has 0 unspecified atom stereocenters. The Morgan fingerprint density at radius 3 is 2.55 bits per heavy atom. The van der Waals surface area contributed by atoms with Crippen LogP contribution in [0.1, 0.15) is 82.6 Å². The van der Waals surface area contributed by atoms with Gasteiger partial charge in [-0.2, -0.15) is 0 Å². The Labute approximate surface area is 132 Å². The lowest BCUT2D eigenvalue weighted by atomic mass is 9.98. The summed E-state index contributed by atoms with van der Waals surface area (Å²) in [5.74, 6) is -0.284. The largest absolute Gasteiger partial charge is 0.455 e. The van der Waals surface area contributed by atoms with Crippen molar-refractivity contribution in [2.75, 3.05) is 0 Å². The average Bonchev–Trinajstić information content (AvgIpc) is 2.99. The van der Waals surface area contributed by atoms with Gasteiger partial charge in [0.05, 0.1) is 0 Å². The van der Waals surface area contributed by atoms with Crippen LogP contribution in [0.2, 0.25) is 0 Å². The van der Waals surface area contributed by atoms with Crippen molar-refractivity contribution in [2.24, 2.45) is 0 Å². The number of nitrogens with zero attached hydrogens (tertiary/aromatic N) is 1. The van der Waals surface area contributed by atoms with Gasteiger partial charge >= 0.3 is 5.97 Å². The third-order valence-electron chi connectivity index (χ3n) is 3.58. The summed E-state index contributed by atoms with van der Waals surface area (Å²) in [4.78, 5) is 27.4. The minimum atomic E-state index is -0.687. The summed E-state index contributed by atoms with van der Waals surface area (Å²) in [5.41, 5.74) is -0.538. The van der Waals surface area contributed by atoms with E-state index in [0.29, 0.717) is 19.3 Å². The monoisotopic (exact) mass is 309 g/mol. The second-order valence-corrected chi connectivity index (χ2v) is 6.23. The Hall–Kier alpha value is -1.65. The SMILES string of the molecule is CCCCCCCC(=O)CCC(C)(C)OC(=O)c1cocn1. The molecular weight excluding hydrogens is 282 g/mol. The van der Waals surface area contributed by atoms with Crippen LogP contribution >= 0.6 is 0 Å². The van der Waals surface area contributed by atoms with Gasteiger partial charge in [-0.3, -0.25) is 4.79 Å². The molecule has 0 aliphatic rings. The molecule has 0 amide bonds. The van der Waals surface area contributed by atoms with Crippen molar-refractivity contribution in [3.05, 3.63) is 18.4 Å². The minimum Gasteiger partial charge on any atom is -0.455 e. The van der Waals surface area contributed by atoms with E-state index in [0.717, 1.165) is 12.8 Å². The zero-order chi connectivity index (χ0) is 16.4. The Morgan fingerprint density at radius 1 is 1.18 bits per heavy atom. The molecule has 1 rings (SSSR count). The summed E-state index contributed by atoms with van der Waals surface area (Å²) in [7, 11) is 0. The van der Waals surface area contributed by atoms with E-state index in [-0.39, 0.29) is 11.5 Å². The first-order valence-electron chi connectivity index (χ1n) is 8.08. The van der Waals surface area contributed by atoms with Crippen molar-refractivity contribution < 1.29 is 18.7 Å². The zero-order valence-electron chi connectivity index (χ0n) is 13.9. The Kier molecular flexibility index (Phi) is 7.85. The van der Waals surface area contributed by atoms with Crippen LogP contribution in [-0.4, -0.2) is 22.3 Å². The lowest BCUT2D eigenvalue weighted by molar-refractivity contribution is -0.120. The maximum Gasteiger partial charge on any atom is 0.360 e. The lowest BCUT2D eigenvalue weighted by Crippen LogP contribution is -2.29. The molecule has 1 aromatic heterocycles. The summed E-state index contributed by atoms with van der Waals surface area (Å²) >= 11 is 0. The highest BCUT2D eigenvalue weighted by atomic mass is 16.6. The molecule has 0 N–H and O–H groups in total. The highest BCUT2D eigenvalue weighted by Crippen LogP contribution is 2.20. The van der Waals surface area contributed by atoms with Gasteiger partial charge < -0.3 is 9.15 Å². The maximum atomic E-state index is 11.9. The lowest BCUT2D eigenvalue weighted by Gasteiger charge is -2.24. The average molecular weight is 309 g/mol. The molecule has 0 spiro atoms. The highest BCUT2D eigenvalue weighted by Gasteiger charge is 2.25. The van der Waals surface area contributed by atoms with E-state index in [2.05, 4.69) is 11.9 Å². The summed E-state index contributed by atoms with van der Waals surface area (Å²) in [6.07, 6.45) is 9.73. The number of unbranched alkanes of at least 4 members (excludes halogenated alkanes) is 4. The van der Waals surface area contributed by atoms with Gasteiger partial charge in [0.1, 0.15) is 17.6 Å². The number of rotatable bonds is 11. The van der Waals surface area contributed by atoms with E-state index in [4.69, 9.17) is 9.15 Å². The quantitative estimate of drug-likeness (QED) is 0.450. The van der Waals surface area contributed by atoms with Gasteiger partial charge in [0.15, 0.2) is 12.1 Å². The molecule has 5 nitrogen and oxygen atoms in total. The van der Waals surface area contributed by atoms with Crippen LogP contribution in [0.3, 0.4) is 0 Å². The van der Waals surface area contributed by atoms with E-state index >= 15 is 0 Å². The second-order valence-electron chi connectivity index (χ2n) is 6.23. The molecule has 0 atom stereocenters. The maximum absolute atomic E-state index is 11.9. The van der Waals surface area contributed by atoms with Crippen LogP contribution in [0.4, 0.5) is 0 Å². The first-order chi connectivity index (χ1) is 10.4. The Morgan fingerprint density at radius 2 is 1.91 bits per heavy atom. The number of aromatic nitrogens is 1. The molecular formula is C17H27NO4. The molecule has 0 aliphatic heterocycles. The predicted octanol–water partition coefficient (Wildman–Crippen LogP) is 4.32. The number of Topliss-reactive ketones (excluding diaryl/α,β-unsaturated/α-hetero) is 1. The van der Waals surface area contributed by atoms with Gasteiger partial charge in [-0.05, 0) is 26.7 Å². The van der Waals surface area contributed by atoms with Gasteiger partial charge in [-0.25, -0.2) is 9.78 Å². The third-order valence-corrected chi connectivity index (χ3v) is 3.58. The van der Waals surface area contributed by atoms with Crippen LogP contribution < -0.4 is 0 Å². The fourth-order valence-electron chi connectivity index (χ4n) is 2.16. The molecule has 0 bridgehead atoms. The number of hydrogen-bond acceptors (Lipinski definition) is 5. The molecule has 124 valence electrons.